The van der Waals surface area contributed by atoms with E-state index in [1.165, 1.54) is 25.1 Å². The molecule has 0 radical (unpaired) electrons. The molecule has 4 heteroatoms. The predicted octanol–water partition coefficient (Wildman–Crippen LogP) is 6.18. The van der Waals surface area contributed by atoms with Crippen LogP contribution in [0.3, 0.4) is 0 Å². The number of aromatic hydroxyl groups is 1. The fourth-order valence-electron chi connectivity index (χ4n) is 4.91. The molecule has 0 spiro atoms. The van der Waals surface area contributed by atoms with Gasteiger partial charge in [0.1, 0.15) is 30.0 Å². The molecule has 33 heavy (non-hydrogen) atoms. The molecule has 2 aliphatic heterocycles. The normalized spacial score (nSPS) is 20.4. The van der Waals surface area contributed by atoms with Crippen LogP contribution in [0.25, 0.3) is 11.1 Å². The topological polar surface area (TPSA) is 41.9 Å². The molecule has 0 saturated carbocycles. The lowest BCUT2D eigenvalue weighted by atomic mass is 9.86. The number of fused-ring (bicyclic) bond motifs is 1. The van der Waals surface area contributed by atoms with Gasteiger partial charge in [0.2, 0.25) is 0 Å². The monoisotopic (exact) mass is 441 g/mol. The molecule has 3 aromatic carbocycles. The smallest absolute Gasteiger partial charge is 0.150 e. The molecule has 2 heterocycles. The van der Waals surface area contributed by atoms with Crippen LogP contribution in [0.1, 0.15) is 43.1 Å². The molecule has 0 amide bonds. The number of benzene rings is 3. The van der Waals surface area contributed by atoms with Crippen LogP contribution in [0.4, 0.5) is 0 Å². The molecule has 1 saturated heterocycles. The third-order valence-electron chi connectivity index (χ3n) is 6.75. The lowest BCUT2D eigenvalue weighted by Gasteiger charge is -2.31. The van der Waals surface area contributed by atoms with Gasteiger partial charge in [0, 0.05) is 24.2 Å². The van der Waals surface area contributed by atoms with Crippen LogP contribution >= 0.6 is 0 Å². The highest BCUT2D eigenvalue weighted by molar-refractivity contribution is 5.95. The summed E-state index contributed by atoms with van der Waals surface area (Å²) in [6.07, 6.45) is 1.06. The minimum Gasteiger partial charge on any atom is -0.508 e. The van der Waals surface area contributed by atoms with E-state index in [0.29, 0.717) is 6.61 Å². The van der Waals surface area contributed by atoms with Gasteiger partial charge in [-0.1, -0.05) is 49.4 Å². The number of nitrogens with zero attached hydrogens (tertiary/aromatic N) is 1. The molecule has 2 aliphatic rings. The molecule has 1 N–H and O–H groups in total. The van der Waals surface area contributed by atoms with Crippen molar-refractivity contribution < 1.29 is 14.6 Å². The lowest BCUT2D eigenvalue weighted by molar-refractivity contribution is 0.233. The quantitative estimate of drug-likeness (QED) is 0.496. The number of likely N-dealkylation sites (tertiary alicyclic amines) is 1. The molecule has 0 aromatic heterocycles. The van der Waals surface area contributed by atoms with Gasteiger partial charge < -0.3 is 14.6 Å². The summed E-state index contributed by atoms with van der Waals surface area (Å²) in [4.78, 5) is 2.48. The zero-order chi connectivity index (χ0) is 22.8. The van der Waals surface area contributed by atoms with Crippen LogP contribution in [-0.4, -0.2) is 36.2 Å². The van der Waals surface area contributed by atoms with Crippen LogP contribution < -0.4 is 9.47 Å². The number of para-hydroxylation sites is 1. The minimum absolute atomic E-state index is 0.232. The van der Waals surface area contributed by atoms with Crippen molar-refractivity contribution in [2.24, 2.45) is 5.92 Å². The van der Waals surface area contributed by atoms with Crippen molar-refractivity contribution in [2.45, 2.75) is 26.4 Å². The maximum Gasteiger partial charge on any atom is 0.150 e. The summed E-state index contributed by atoms with van der Waals surface area (Å²) in [5, 5.41) is 9.78. The third kappa shape index (κ3) is 4.62. The molecule has 1 unspecified atom stereocenters. The fourth-order valence-corrected chi connectivity index (χ4v) is 4.91. The summed E-state index contributed by atoms with van der Waals surface area (Å²) in [5.74, 6) is 2.83. The van der Waals surface area contributed by atoms with E-state index in [9.17, 15) is 5.11 Å². The van der Waals surface area contributed by atoms with Gasteiger partial charge in [0.05, 0.1) is 0 Å². The molecule has 2 atom stereocenters. The Morgan fingerprint density at radius 2 is 1.76 bits per heavy atom. The second kappa shape index (κ2) is 9.32. The first-order valence-electron chi connectivity index (χ1n) is 11.8. The van der Waals surface area contributed by atoms with Gasteiger partial charge in [-0.15, -0.1) is 0 Å². The van der Waals surface area contributed by atoms with Crippen LogP contribution in [0.5, 0.6) is 17.2 Å². The van der Waals surface area contributed by atoms with Crippen LogP contribution in [0.2, 0.25) is 0 Å². The molecular formula is C29H31NO3. The van der Waals surface area contributed by atoms with Gasteiger partial charge in [-0.2, -0.15) is 0 Å². The molecule has 170 valence electrons. The van der Waals surface area contributed by atoms with Crippen molar-refractivity contribution in [3.05, 3.63) is 89.5 Å². The van der Waals surface area contributed by atoms with Crippen molar-refractivity contribution in [2.75, 3.05) is 26.2 Å². The number of allylic oxidation sites excluding steroid dienone is 1. The molecule has 1 fully saturated rings. The Bertz CT molecular complexity index is 1130. The van der Waals surface area contributed by atoms with Crippen molar-refractivity contribution in [3.8, 4) is 17.2 Å². The van der Waals surface area contributed by atoms with E-state index in [1.54, 1.807) is 12.1 Å². The average Bonchev–Trinajstić information content (AvgIpc) is 3.25. The number of hydrogen-bond donors (Lipinski definition) is 1. The highest BCUT2D eigenvalue weighted by Gasteiger charge is 2.29. The largest absolute Gasteiger partial charge is 0.508 e. The van der Waals surface area contributed by atoms with E-state index in [4.69, 9.17) is 9.47 Å². The van der Waals surface area contributed by atoms with E-state index in [-0.39, 0.29) is 11.9 Å². The number of phenolic OH excluding ortho intramolecular Hbond substituents is 1. The maximum absolute atomic E-state index is 9.78. The van der Waals surface area contributed by atoms with Crippen molar-refractivity contribution in [1.29, 1.82) is 0 Å². The Balaban J connectivity index is 1.37. The Kier molecular flexibility index (Phi) is 6.10. The van der Waals surface area contributed by atoms with Gasteiger partial charge >= 0.3 is 0 Å². The predicted molar refractivity (Wildman–Crippen MR) is 133 cm³/mol. The number of ether oxygens (including phenoxy) is 2. The van der Waals surface area contributed by atoms with Gasteiger partial charge in [-0.25, -0.2) is 0 Å². The van der Waals surface area contributed by atoms with Crippen LogP contribution in [-0.2, 0) is 0 Å². The van der Waals surface area contributed by atoms with Gasteiger partial charge in [-0.3, -0.25) is 4.90 Å². The SMILES string of the molecule is CC1=C(c2ccc(O)cc2)C(c2ccc(OCCN3CC[C@@H](C)C3)cc2)Oc2ccccc21. The Morgan fingerprint density at radius 1 is 1.00 bits per heavy atom. The molecule has 3 aromatic rings. The number of hydrogen-bond acceptors (Lipinski definition) is 4. The lowest BCUT2D eigenvalue weighted by Crippen LogP contribution is -2.25. The van der Waals surface area contributed by atoms with E-state index < -0.39 is 0 Å². The van der Waals surface area contributed by atoms with E-state index in [0.717, 1.165) is 46.2 Å². The maximum atomic E-state index is 9.78. The summed E-state index contributed by atoms with van der Waals surface area (Å²) in [6, 6.07) is 23.8. The second-order valence-electron chi connectivity index (χ2n) is 9.19. The van der Waals surface area contributed by atoms with Crippen molar-refractivity contribution in [3.63, 3.8) is 0 Å². The minimum atomic E-state index is -0.232. The third-order valence-corrected chi connectivity index (χ3v) is 6.75. The molecule has 0 bridgehead atoms. The molecular weight excluding hydrogens is 410 g/mol. The van der Waals surface area contributed by atoms with Crippen molar-refractivity contribution in [1.82, 2.24) is 4.90 Å². The van der Waals surface area contributed by atoms with Crippen LogP contribution in [0, 0.1) is 5.92 Å². The van der Waals surface area contributed by atoms with E-state index in [1.807, 2.05) is 42.5 Å². The highest BCUT2D eigenvalue weighted by Crippen LogP contribution is 2.46. The zero-order valence-corrected chi connectivity index (χ0v) is 19.3. The Morgan fingerprint density at radius 3 is 2.48 bits per heavy atom. The highest BCUT2D eigenvalue weighted by atomic mass is 16.5. The number of phenols is 1. The second-order valence-corrected chi connectivity index (χ2v) is 9.19. The first kappa shape index (κ1) is 21.6. The summed E-state index contributed by atoms with van der Waals surface area (Å²) in [5.41, 5.74) is 5.53. The summed E-state index contributed by atoms with van der Waals surface area (Å²) >= 11 is 0. The molecule has 0 aliphatic carbocycles. The van der Waals surface area contributed by atoms with Crippen LogP contribution in [0.15, 0.2) is 72.8 Å². The molecule has 4 nitrogen and oxygen atoms in total. The fraction of sp³-hybridized carbons (Fsp3) is 0.310. The molecule has 5 rings (SSSR count). The van der Waals surface area contributed by atoms with Crippen molar-refractivity contribution >= 4 is 11.1 Å². The average molecular weight is 442 g/mol. The van der Waals surface area contributed by atoms with Gasteiger partial charge in [-0.05, 0) is 72.8 Å². The summed E-state index contributed by atoms with van der Waals surface area (Å²) in [6.45, 7) is 8.49. The Hall–Kier alpha value is -3.24. The summed E-state index contributed by atoms with van der Waals surface area (Å²) in [7, 11) is 0. The first-order chi connectivity index (χ1) is 16.1. The van der Waals surface area contributed by atoms with Gasteiger partial charge in [0.15, 0.2) is 0 Å². The standard InChI is InChI=1S/C29H31NO3/c1-20-15-16-30(19-20)17-18-32-25-13-9-23(10-14-25)29-28(22-7-11-24(31)12-8-22)21(2)26-5-3-4-6-27(26)33-29/h3-14,20,29,31H,15-19H2,1-2H3/t20-,29?/m1/s1. The van der Waals surface area contributed by atoms with E-state index in [2.05, 4.69) is 36.9 Å². The Labute approximate surface area is 196 Å². The first-order valence-corrected chi connectivity index (χ1v) is 11.8. The zero-order valence-electron chi connectivity index (χ0n) is 19.3. The van der Waals surface area contributed by atoms with E-state index >= 15 is 0 Å². The summed E-state index contributed by atoms with van der Waals surface area (Å²) < 4.78 is 12.5. The van der Waals surface area contributed by atoms with Gasteiger partial charge in [0.25, 0.3) is 0 Å². The number of rotatable bonds is 6.